The maximum atomic E-state index is 10.7. The lowest BCUT2D eigenvalue weighted by atomic mass is 10.1. The van der Waals surface area contributed by atoms with Crippen LogP contribution in [0, 0.1) is 21.4 Å². The Morgan fingerprint density at radius 3 is 2.71 bits per heavy atom. The topological polar surface area (TPSA) is 120 Å². The number of nitriles is 1. The predicted molar refractivity (Wildman–Crippen MR) is 69.4 cm³/mol. The van der Waals surface area contributed by atoms with E-state index in [1.165, 1.54) is 36.4 Å². The molecule has 0 radical (unpaired) electrons. The Bertz CT molecular complexity index is 783. The van der Waals surface area contributed by atoms with Crippen molar-refractivity contribution < 1.29 is 19.2 Å². The van der Waals surface area contributed by atoms with Crippen LogP contribution in [-0.4, -0.2) is 10.9 Å². The molecular weight excluding hydrogens is 276 g/mol. The monoisotopic (exact) mass is 283 g/mol. The number of furan rings is 1. The number of nitrogens with zero attached hydrogens (tertiary/aromatic N) is 2. The minimum absolute atomic E-state index is 0.0894. The van der Waals surface area contributed by atoms with E-state index in [1.807, 2.05) is 0 Å². The van der Waals surface area contributed by atoms with Crippen LogP contribution in [0.2, 0.25) is 0 Å². The number of non-ortho nitro benzene ring substituents is 1. The van der Waals surface area contributed by atoms with E-state index in [4.69, 9.17) is 9.68 Å². The zero-order valence-corrected chi connectivity index (χ0v) is 10.5. The van der Waals surface area contributed by atoms with Crippen LogP contribution in [0.4, 0.5) is 5.69 Å². The number of carbonyl (C=O) groups is 1. The molecule has 0 N–H and O–H groups in total. The summed E-state index contributed by atoms with van der Waals surface area (Å²) in [5, 5.41) is 29.9. The van der Waals surface area contributed by atoms with Gasteiger partial charge in [-0.3, -0.25) is 10.1 Å². The summed E-state index contributed by atoms with van der Waals surface area (Å²) in [7, 11) is 0. The quantitative estimate of drug-likeness (QED) is 0.363. The summed E-state index contributed by atoms with van der Waals surface area (Å²) in [6, 6.07) is 10.2. The van der Waals surface area contributed by atoms with Crippen LogP contribution in [-0.2, 0) is 4.79 Å². The Kier molecular flexibility index (Phi) is 3.81. The van der Waals surface area contributed by atoms with Gasteiger partial charge < -0.3 is 14.3 Å². The highest BCUT2D eigenvalue weighted by molar-refractivity contribution is 5.94. The second kappa shape index (κ2) is 5.71. The van der Waals surface area contributed by atoms with Crippen molar-refractivity contribution in [2.45, 2.75) is 0 Å². The average molecular weight is 283 g/mol. The molecule has 0 aliphatic carbocycles. The second-order valence-corrected chi connectivity index (χ2v) is 3.97. The van der Waals surface area contributed by atoms with Gasteiger partial charge in [-0.25, -0.2) is 0 Å². The fraction of sp³-hybridized carbons (Fsp3) is 0. The number of rotatable bonds is 4. The van der Waals surface area contributed by atoms with Gasteiger partial charge in [0.15, 0.2) is 0 Å². The highest BCUT2D eigenvalue weighted by atomic mass is 16.6. The summed E-state index contributed by atoms with van der Waals surface area (Å²) in [6.45, 7) is 0. The van der Waals surface area contributed by atoms with Gasteiger partial charge in [0, 0.05) is 23.8 Å². The minimum Gasteiger partial charge on any atom is -0.544 e. The summed E-state index contributed by atoms with van der Waals surface area (Å²) in [4.78, 5) is 20.8. The summed E-state index contributed by atoms with van der Waals surface area (Å²) in [5.74, 6) is -1.15. The number of carboxylic acid groups (broad SMARTS) is 1. The summed E-state index contributed by atoms with van der Waals surface area (Å²) < 4.78 is 5.35. The number of hydrogen-bond acceptors (Lipinski definition) is 6. The molecule has 1 heterocycles. The highest BCUT2D eigenvalue weighted by Gasteiger charge is 2.10. The van der Waals surface area contributed by atoms with Crippen molar-refractivity contribution in [3.8, 4) is 17.4 Å². The van der Waals surface area contributed by atoms with Crippen LogP contribution in [0.3, 0.4) is 0 Å². The van der Waals surface area contributed by atoms with Gasteiger partial charge in [0.1, 0.15) is 17.6 Å². The molecule has 0 aliphatic heterocycles. The van der Waals surface area contributed by atoms with E-state index in [0.29, 0.717) is 11.3 Å². The Morgan fingerprint density at radius 1 is 1.33 bits per heavy atom. The van der Waals surface area contributed by atoms with Crippen molar-refractivity contribution in [1.29, 1.82) is 5.26 Å². The lowest BCUT2D eigenvalue weighted by Gasteiger charge is -1.98. The molecule has 21 heavy (non-hydrogen) atoms. The van der Waals surface area contributed by atoms with E-state index in [0.717, 1.165) is 6.08 Å². The normalized spacial score (nSPS) is 10.9. The molecule has 7 nitrogen and oxygen atoms in total. The van der Waals surface area contributed by atoms with E-state index in [9.17, 15) is 20.0 Å². The molecule has 7 heteroatoms. The smallest absolute Gasteiger partial charge is 0.270 e. The van der Waals surface area contributed by atoms with Crippen LogP contribution < -0.4 is 5.11 Å². The van der Waals surface area contributed by atoms with Gasteiger partial charge in [0.25, 0.3) is 5.69 Å². The third-order valence-electron chi connectivity index (χ3n) is 2.60. The Hall–Kier alpha value is -3.40. The largest absolute Gasteiger partial charge is 0.544 e. The molecule has 0 amide bonds. The van der Waals surface area contributed by atoms with Gasteiger partial charge >= 0.3 is 0 Å². The number of aliphatic carboxylic acids is 1. The van der Waals surface area contributed by atoms with Gasteiger partial charge in [-0.05, 0) is 12.1 Å². The first-order valence-corrected chi connectivity index (χ1v) is 5.69. The third kappa shape index (κ3) is 3.13. The molecule has 0 unspecified atom stereocenters. The molecule has 0 bridgehead atoms. The maximum Gasteiger partial charge on any atom is 0.270 e. The number of nitro groups is 1. The molecule has 0 aliphatic rings. The number of benzene rings is 1. The molecule has 0 atom stereocenters. The number of nitro benzene ring substituents is 1. The van der Waals surface area contributed by atoms with Gasteiger partial charge in [-0.2, -0.15) is 5.26 Å². The van der Waals surface area contributed by atoms with Crippen molar-refractivity contribution in [2.75, 3.05) is 0 Å². The lowest BCUT2D eigenvalue weighted by Crippen LogP contribution is -2.23. The molecule has 0 fully saturated rings. The number of carbonyl (C=O) groups excluding carboxylic acids is 1. The van der Waals surface area contributed by atoms with Crippen molar-refractivity contribution >= 4 is 17.7 Å². The maximum absolute atomic E-state index is 10.7. The van der Waals surface area contributed by atoms with E-state index >= 15 is 0 Å². The van der Waals surface area contributed by atoms with Crippen LogP contribution in [0.15, 0.2) is 46.4 Å². The van der Waals surface area contributed by atoms with E-state index < -0.39 is 16.5 Å². The SMILES string of the molecule is N#C/C(=C\c1ccc(-c2cccc([N+](=O)[O-])c2)o1)C(=O)[O-]. The molecule has 0 spiro atoms. The molecule has 2 aromatic rings. The van der Waals surface area contributed by atoms with E-state index in [2.05, 4.69) is 0 Å². The van der Waals surface area contributed by atoms with Crippen LogP contribution in [0.1, 0.15) is 5.76 Å². The Balaban J connectivity index is 2.37. The summed E-state index contributed by atoms with van der Waals surface area (Å²) in [5.41, 5.74) is -0.195. The number of hydrogen-bond donors (Lipinski definition) is 0. The van der Waals surface area contributed by atoms with Crippen molar-refractivity contribution in [3.05, 3.63) is 57.8 Å². The lowest BCUT2D eigenvalue weighted by molar-refractivity contribution is -0.384. The average Bonchev–Trinajstić information content (AvgIpc) is 2.93. The zero-order valence-electron chi connectivity index (χ0n) is 10.5. The first-order valence-electron chi connectivity index (χ1n) is 5.69. The minimum atomic E-state index is -1.61. The summed E-state index contributed by atoms with van der Waals surface area (Å²) in [6.07, 6.45) is 1.02. The van der Waals surface area contributed by atoms with Crippen LogP contribution in [0.5, 0.6) is 0 Å². The molecule has 104 valence electrons. The number of carboxylic acids is 1. The Morgan fingerprint density at radius 2 is 2.10 bits per heavy atom. The fourth-order valence-electron chi connectivity index (χ4n) is 1.64. The van der Waals surface area contributed by atoms with Gasteiger partial charge in [-0.15, -0.1) is 0 Å². The molecule has 0 saturated heterocycles. The molecular formula is C14H7N2O5-. The third-order valence-corrected chi connectivity index (χ3v) is 2.60. The molecule has 1 aromatic heterocycles. The molecule has 1 aromatic carbocycles. The van der Waals surface area contributed by atoms with E-state index in [-0.39, 0.29) is 11.4 Å². The highest BCUT2D eigenvalue weighted by Crippen LogP contribution is 2.26. The van der Waals surface area contributed by atoms with E-state index in [1.54, 1.807) is 6.07 Å². The fourth-order valence-corrected chi connectivity index (χ4v) is 1.64. The van der Waals surface area contributed by atoms with Crippen molar-refractivity contribution in [3.63, 3.8) is 0 Å². The second-order valence-electron chi connectivity index (χ2n) is 3.97. The van der Waals surface area contributed by atoms with Crippen molar-refractivity contribution in [2.24, 2.45) is 0 Å². The molecule has 2 rings (SSSR count). The van der Waals surface area contributed by atoms with Gasteiger partial charge in [-0.1, -0.05) is 12.1 Å². The first-order chi connectivity index (χ1) is 10.0. The van der Waals surface area contributed by atoms with Crippen LogP contribution in [0.25, 0.3) is 17.4 Å². The van der Waals surface area contributed by atoms with Gasteiger partial charge in [0.2, 0.25) is 0 Å². The molecule has 0 saturated carbocycles. The predicted octanol–water partition coefficient (Wildman–Crippen LogP) is 1.51. The Labute approximate surface area is 118 Å². The van der Waals surface area contributed by atoms with Gasteiger partial charge in [0.05, 0.1) is 16.5 Å². The van der Waals surface area contributed by atoms with Crippen molar-refractivity contribution in [1.82, 2.24) is 0 Å². The standard InChI is InChI=1S/C14H8N2O5/c15-8-10(14(17)18)7-12-4-5-13(21-12)9-2-1-3-11(6-9)16(19)20/h1-7H,(H,17,18)/p-1/b10-7+. The van der Waals surface area contributed by atoms with Crippen LogP contribution >= 0.6 is 0 Å². The summed E-state index contributed by atoms with van der Waals surface area (Å²) >= 11 is 0. The first kappa shape index (κ1) is 14.0. The zero-order chi connectivity index (χ0) is 15.4.